The lowest BCUT2D eigenvalue weighted by atomic mass is 9.94. The van der Waals surface area contributed by atoms with Gasteiger partial charge >= 0.3 is 0 Å². The van der Waals surface area contributed by atoms with Gasteiger partial charge in [-0.3, -0.25) is 9.79 Å². The van der Waals surface area contributed by atoms with E-state index in [0.717, 1.165) is 5.56 Å². The molecular weight excluding hydrogens is 355 g/mol. The van der Waals surface area contributed by atoms with Gasteiger partial charge in [0, 0.05) is 25.9 Å². The molecule has 2 atom stereocenters. The molecule has 0 bridgehead atoms. The number of amides is 1. The second kappa shape index (κ2) is 6.74. The lowest BCUT2D eigenvalue weighted by molar-refractivity contribution is -0.127. The van der Waals surface area contributed by atoms with E-state index < -0.39 is 0 Å². The fraction of sp³-hybridized carbons (Fsp3) is 0.385. The molecule has 1 aliphatic rings. The highest BCUT2D eigenvalue weighted by molar-refractivity contribution is 14.0. The topological polar surface area (TPSA) is 84.7 Å². The summed E-state index contributed by atoms with van der Waals surface area (Å²) in [5.41, 5.74) is 11.8. The predicted octanol–water partition coefficient (Wildman–Crippen LogP) is 1.10. The van der Waals surface area contributed by atoms with Crippen molar-refractivity contribution in [3.63, 3.8) is 0 Å². The van der Waals surface area contributed by atoms with E-state index in [0.29, 0.717) is 13.0 Å². The van der Waals surface area contributed by atoms with Crippen LogP contribution >= 0.6 is 24.0 Å². The lowest BCUT2D eigenvalue weighted by Crippen LogP contribution is -2.27. The molecule has 1 aromatic carbocycles. The molecule has 0 saturated carbocycles. The molecule has 0 radical (unpaired) electrons. The number of carbonyl (C=O) groups excluding carboxylic acids is 1. The molecule has 1 aromatic rings. The molecule has 4 N–H and O–H groups in total. The second-order valence-corrected chi connectivity index (χ2v) is 4.59. The number of hydrogen-bond acceptors (Lipinski definition) is 2. The molecule has 2 rings (SSSR count). The first-order chi connectivity index (χ1) is 8.59. The number of nitrogens with two attached hydrogens (primary N) is 2. The Hall–Kier alpha value is -1.31. The fourth-order valence-corrected chi connectivity index (χ4v) is 2.48. The Labute approximate surface area is 130 Å². The van der Waals surface area contributed by atoms with Crippen LogP contribution in [0, 0.1) is 5.92 Å². The van der Waals surface area contributed by atoms with Crippen molar-refractivity contribution in [1.82, 2.24) is 4.90 Å². The summed E-state index contributed by atoms with van der Waals surface area (Å²) < 4.78 is 0. The predicted molar refractivity (Wildman–Crippen MR) is 86.2 cm³/mol. The van der Waals surface area contributed by atoms with Gasteiger partial charge in [0.15, 0.2) is 5.96 Å². The standard InChI is InChI=1S/C13H18N4O.HI/c1-17-11(18)7-10(8-16-13(14)15)12(17)9-5-3-2-4-6-9;/h2-6,10,12H,7-8H2,1H3,(H4,14,15,16);1H/t10-,12-;/m0./s1. The van der Waals surface area contributed by atoms with Crippen LogP contribution in [0.4, 0.5) is 0 Å². The Morgan fingerprint density at radius 2 is 2.00 bits per heavy atom. The number of likely N-dealkylation sites (tertiary alicyclic amines) is 1. The molecular formula is C13H19IN4O. The van der Waals surface area contributed by atoms with Crippen LogP contribution in [-0.2, 0) is 4.79 Å². The van der Waals surface area contributed by atoms with Crippen LogP contribution < -0.4 is 11.5 Å². The number of aliphatic imine (C=N–C) groups is 1. The van der Waals surface area contributed by atoms with Crippen molar-refractivity contribution in [3.8, 4) is 0 Å². The molecule has 1 saturated heterocycles. The first kappa shape index (κ1) is 15.7. The van der Waals surface area contributed by atoms with Crippen LogP contribution in [0.15, 0.2) is 35.3 Å². The SMILES string of the molecule is CN1C(=O)C[C@@H](CN=C(N)N)[C@@H]1c1ccccc1.I. The average molecular weight is 374 g/mol. The Morgan fingerprint density at radius 3 is 2.58 bits per heavy atom. The van der Waals surface area contributed by atoms with Crippen LogP contribution in [0.25, 0.3) is 0 Å². The normalized spacial score (nSPS) is 21.9. The van der Waals surface area contributed by atoms with E-state index >= 15 is 0 Å². The lowest BCUT2D eigenvalue weighted by Gasteiger charge is -2.24. The van der Waals surface area contributed by atoms with E-state index in [1.54, 1.807) is 4.90 Å². The van der Waals surface area contributed by atoms with E-state index in [9.17, 15) is 4.79 Å². The van der Waals surface area contributed by atoms with Gasteiger partial charge in [-0.2, -0.15) is 0 Å². The second-order valence-electron chi connectivity index (χ2n) is 4.59. The highest BCUT2D eigenvalue weighted by atomic mass is 127. The van der Waals surface area contributed by atoms with Gasteiger partial charge in [-0.05, 0) is 5.56 Å². The van der Waals surface area contributed by atoms with Gasteiger partial charge in [-0.25, -0.2) is 0 Å². The average Bonchev–Trinajstić information content (AvgIpc) is 2.64. The molecule has 5 nitrogen and oxygen atoms in total. The summed E-state index contributed by atoms with van der Waals surface area (Å²) in [6.45, 7) is 0.484. The van der Waals surface area contributed by atoms with E-state index in [1.165, 1.54) is 0 Å². The molecule has 19 heavy (non-hydrogen) atoms. The minimum absolute atomic E-state index is 0. The van der Waals surface area contributed by atoms with Crippen LogP contribution in [0.1, 0.15) is 18.0 Å². The summed E-state index contributed by atoms with van der Waals surface area (Å²) in [7, 11) is 1.83. The summed E-state index contributed by atoms with van der Waals surface area (Å²) in [6, 6.07) is 10.0. The minimum Gasteiger partial charge on any atom is -0.370 e. The van der Waals surface area contributed by atoms with Crippen molar-refractivity contribution in [2.45, 2.75) is 12.5 Å². The van der Waals surface area contributed by atoms with Crippen LogP contribution in [0.5, 0.6) is 0 Å². The van der Waals surface area contributed by atoms with Gasteiger partial charge in [-0.15, -0.1) is 24.0 Å². The van der Waals surface area contributed by atoms with Crippen LogP contribution in [0.3, 0.4) is 0 Å². The molecule has 0 unspecified atom stereocenters. The summed E-state index contributed by atoms with van der Waals surface area (Å²) in [5.74, 6) is 0.343. The Bertz CT molecular complexity index is 459. The van der Waals surface area contributed by atoms with Crippen LogP contribution in [0.2, 0.25) is 0 Å². The van der Waals surface area contributed by atoms with Gasteiger partial charge in [0.25, 0.3) is 0 Å². The Morgan fingerprint density at radius 1 is 1.37 bits per heavy atom. The van der Waals surface area contributed by atoms with Gasteiger partial charge in [0.05, 0.1) is 6.04 Å². The number of rotatable bonds is 3. The third kappa shape index (κ3) is 3.59. The summed E-state index contributed by atoms with van der Waals surface area (Å²) in [5, 5.41) is 0. The molecule has 0 aliphatic carbocycles. The zero-order chi connectivity index (χ0) is 13.1. The third-order valence-corrected chi connectivity index (χ3v) is 3.34. The number of benzene rings is 1. The first-order valence-electron chi connectivity index (χ1n) is 5.95. The molecule has 6 heteroatoms. The van der Waals surface area contributed by atoms with Gasteiger partial charge < -0.3 is 16.4 Å². The quantitative estimate of drug-likeness (QED) is 0.472. The largest absolute Gasteiger partial charge is 0.370 e. The molecule has 0 spiro atoms. The highest BCUT2D eigenvalue weighted by Crippen LogP contribution is 2.36. The molecule has 1 fully saturated rings. The molecule has 1 heterocycles. The zero-order valence-corrected chi connectivity index (χ0v) is 13.2. The fourth-order valence-electron chi connectivity index (χ4n) is 2.48. The van der Waals surface area contributed by atoms with Gasteiger partial charge in [-0.1, -0.05) is 30.3 Å². The molecule has 1 amide bonds. The molecule has 104 valence electrons. The third-order valence-electron chi connectivity index (χ3n) is 3.34. The number of nitrogens with zero attached hydrogens (tertiary/aromatic N) is 2. The molecule has 1 aliphatic heterocycles. The van der Waals surface area contributed by atoms with Crippen molar-refractivity contribution < 1.29 is 4.79 Å². The zero-order valence-electron chi connectivity index (χ0n) is 10.8. The van der Waals surface area contributed by atoms with Crippen molar-refractivity contribution in [2.75, 3.05) is 13.6 Å². The van der Waals surface area contributed by atoms with Crippen molar-refractivity contribution >= 4 is 35.8 Å². The maximum atomic E-state index is 11.8. The molecule has 0 aromatic heterocycles. The number of guanidine groups is 1. The first-order valence-corrected chi connectivity index (χ1v) is 5.95. The Kier molecular flexibility index (Phi) is 5.59. The Balaban J connectivity index is 0.00000180. The van der Waals surface area contributed by atoms with E-state index in [4.69, 9.17) is 11.5 Å². The van der Waals surface area contributed by atoms with Gasteiger partial charge in [0.1, 0.15) is 0 Å². The monoisotopic (exact) mass is 374 g/mol. The van der Waals surface area contributed by atoms with Crippen molar-refractivity contribution in [1.29, 1.82) is 0 Å². The summed E-state index contributed by atoms with van der Waals surface area (Å²) >= 11 is 0. The van der Waals surface area contributed by atoms with E-state index in [1.807, 2.05) is 37.4 Å². The smallest absolute Gasteiger partial charge is 0.223 e. The highest BCUT2D eigenvalue weighted by Gasteiger charge is 2.38. The maximum absolute atomic E-state index is 11.8. The summed E-state index contributed by atoms with van der Waals surface area (Å²) in [6.07, 6.45) is 0.493. The van der Waals surface area contributed by atoms with E-state index in [2.05, 4.69) is 4.99 Å². The number of halogens is 1. The van der Waals surface area contributed by atoms with Gasteiger partial charge in [0.2, 0.25) is 5.91 Å². The summed E-state index contributed by atoms with van der Waals surface area (Å²) in [4.78, 5) is 17.7. The maximum Gasteiger partial charge on any atom is 0.223 e. The van der Waals surface area contributed by atoms with Crippen LogP contribution in [-0.4, -0.2) is 30.4 Å². The van der Waals surface area contributed by atoms with Crippen molar-refractivity contribution in [3.05, 3.63) is 35.9 Å². The number of hydrogen-bond donors (Lipinski definition) is 2. The van der Waals surface area contributed by atoms with Crippen molar-refractivity contribution in [2.24, 2.45) is 22.4 Å². The van der Waals surface area contributed by atoms with E-state index in [-0.39, 0.29) is 47.8 Å². The number of carbonyl (C=O) groups is 1. The minimum atomic E-state index is 0.